The molecule has 0 spiro atoms. The molecule has 0 atom stereocenters. The minimum Gasteiger partial charge on any atom is -0.460 e. The summed E-state index contributed by atoms with van der Waals surface area (Å²) in [6, 6.07) is 10.4. The quantitative estimate of drug-likeness (QED) is 0.912. The predicted molar refractivity (Wildman–Crippen MR) is 71.7 cm³/mol. The topological polar surface area (TPSA) is 55.2 Å². The van der Waals surface area contributed by atoms with E-state index < -0.39 is 0 Å². The summed E-state index contributed by atoms with van der Waals surface area (Å²) < 4.78 is 5.64. The summed E-state index contributed by atoms with van der Waals surface area (Å²) in [4.78, 5) is 8.46. The molecule has 0 amide bonds. The Bertz CT molecular complexity index is 522. The minimum absolute atomic E-state index is 0.153. The fourth-order valence-corrected chi connectivity index (χ4v) is 2.23. The molecule has 1 aromatic heterocycles. The molecule has 1 N–H and O–H groups in total. The van der Waals surface area contributed by atoms with E-state index in [9.17, 15) is 0 Å². The van der Waals surface area contributed by atoms with E-state index >= 15 is 0 Å². The van der Waals surface area contributed by atoms with Gasteiger partial charge in [-0.25, -0.2) is 9.97 Å². The first kappa shape index (κ1) is 12.1. The van der Waals surface area contributed by atoms with Gasteiger partial charge in [-0.3, -0.25) is 0 Å². The second kappa shape index (κ2) is 5.36. The number of rotatable bonds is 4. The fourth-order valence-electron chi connectivity index (χ4n) is 2.23. The Labute approximate surface area is 112 Å². The molecule has 1 aromatic carbocycles. The third-order valence-corrected chi connectivity index (χ3v) is 3.46. The minimum atomic E-state index is 0.153. The van der Waals surface area contributed by atoms with E-state index in [1.54, 1.807) is 12.4 Å². The number of aliphatic hydroxyl groups is 1. The van der Waals surface area contributed by atoms with Crippen molar-refractivity contribution in [3.05, 3.63) is 42.7 Å². The van der Waals surface area contributed by atoms with E-state index in [0.29, 0.717) is 11.9 Å². The van der Waals surface area contributed by atoms with E-state index in [0.717, 1.165) is 24.0 Å². The molecule has 2 aromatic rings. The maximum Gasteiger partial charge on any atom is 0.316 e. The summed E-state index contributed by atoms with van der Waals surface area (Å²) in [5, 5.41) is 8.95. The molecule has 0 bridgehead atoms. The number of nitrogens with zero attached hydrogens (tertiary/aromatic N) is 2. The van der Waals surface area contributed by atoms with Gasteiger partial charge in [-0.05, 0) is 24.3 Å². The number of aromatic nitrogens is 2. The van der Waals surface area contributed by atoms with Crippen molar-refractivity contribution in [2.75, 3.05) is 6.61 Å². The van der Waals surface area contributed by atoms with Gasteiger partial charge in [0.1, 0.15) is 6.10 Å². The van der Waals surface area contributed by atoms with Gasteiger partial charge < -0.3 is 9.84 Å². The predicted octanol–water partition coefficient (Wildman–Crippen LogP) is 2.29. The summed E-state index contributed by atoms with van der Waals surface area (Å²) in [7, 11) is 0. The van der Waals surface area contributed by atoms with Crippen LogP contribution in [0, 0.1) is 5.92 Å². The second-order valence-electron chi connectivity index (χ2n) is 4.88. The molecule has 19 heavy (non-hydrogen) atoms. The van der Waals surface area contributed by atoms with Crippen molar-refractivity contribution in [2.45, 2.75) is 18.9 Å². The number of hydrogen-bond acceptors (Lipinski definition) is 4. The first-order chi connectivity index (χ1) is 9.35. The normalized spacial score (nSPS) is 21.7. The number of benzene rings is 1. The van der Waals surface area contributed by atoms with E-state index in [1.165, 1.54) is 0 Å². The maximum atomic E-state index is 8.95. The van der Waals surface area contributed by atoms with Crippen molar-refractivity contribution in [1.29, 1.82) is 0 Å². The molecule has 4 nitrogen and oxygen atoms in total. The Kier molecular flexibility index (Phi) is 3.42. The summed E-state index contributed by atoms with van der Waals surface area (Å²) in [5.74, 6) is 0.383. The van der Waals surface area contributed by atoms with Gasteiger partial charge in [-0.2, -0.15) is 0 Å². The Morgan fingerprint density at radius 3 is 2.37 bits per heavy atom. The molecule has 1 aliphatic carbocycles. The smallest absolute Gasteiger partial charge is 0.316 e. The van der Waals surface area contributed by atoms with Gasteiger partial charge in [0.15, 0.2) is 0 Å². The van der Waals surface area contributed by atoms with E-state index in [1.807, 2.05) is 30.3 Å². The average molecular weight is 256 g/mol. The third-order valence-electron chi connectivity index (χ3n) is 3.46. The molecule has 0 aliphatic heterocycles. The Morgan fingerprint density at radius 2 is 1.74 bits per heavy atom. The molecule has 0 unspecified atom stereocenters. The van der Waals surface area contributed by atoms with Gasteiger partial charge in [-0.15, -0.1) is 0 Å². The zero-order valence-electron chi connectivity index (χ0n) is 10.6. The molecule has 98 valence electrons. The van der Waals surface area contributed by atoms with Crippen molar-refractivity contribution in [3.8, 4) is 17.1 Å². The van der Waals surface area contributed by atoms with E-state index in [4.69, 9.17) is 9.84 Å². The maximum absolute atomic E-state index is 8.95. The zero-order chi connectivity index (χ0) is 13.1. The molecule has 1 fully saturated rings. The van der Waals surface area contributed by atoms with Crippen LogP contribution in [-0.2, 0) is 0 Å². The van der Waals surface area contributed by atoms with Crippen LogP contribution in [0.5, 0.6) is 6.01 Å². The van der Waals surface area contributed by atoms with Crippen molar-refractivity contribution in [2.24, 2.45) is 5.92 Å². The second-order valence-corrected chi connectivity index (χ2v) is 4.88. The van der Waals surface area contributed by atoms with Crippen LogP contribution >= 0.6 is 0 Å². The van der Waals surface area contributed by atoms with Crippen LogP contribution in [0.4, 0.5) is 0 Å². The van der Waals surface area contributed by atoms with Crippen LogP contribution in [0.25, 0.3) is 11.1 Å². The van der Waals surface area contributed by atoms with Gasteiger partial charge >= 0.3 is 6.01 Å². The molecular weight excluding hydrogens is 240 g/mol. The summed E-state index contributed by atoms with van der Waals surface area (Å²) in [5.41, 5.74) is 2.08. The van der Waals surface area contributed by atoms with Gasteiger partial charge in [0.05, 0.1) is 0 Å². The fraction of sp³-hybridized carbons (Fsp3) is 0.333. The van der Waals surface area contributed by atoms with E-state index in [-0.39, 0.29) is 12.7 Å². The van der Waals surface area contributed by atoms with Crippen molar-refractivity contribution in [3.63, 3.8) is 0 Å². The molecule has 3 rings (SSSR count). The number of aliphatic hydroxyl groups excluding tert-OH is 1. The highest BCUT2D eigenvalue weighted by Gasteiger charge is 2.30. The third kappa shape index (κ3) is 2.74. The molecule has 1 aliphatic rings. The summed E-state index contributed by atoms with van der Waals surface area (Å²) >= 11 is 0. The monoisotopic (exact) mass is 256 g/mol. The van der Waals surface area contributed by atoms with Gasteiger partial charge in [0.2, 0.25) is 0 Å². The highest BCUT2D eigenvalue weighted by molar-refractivity contribution is 5.61. The highest BCUT2D eigenvalue weighted by atomic mass is 16.5. The summed E-state index contributed by atoms with van der Waals surface area (Å²) in [6.45, 7) is 0.244. The van der Waals surface area contributed by atoms with Crippen LogP contribution in [0.1, 0.15) is 12.8 Å². The lowest BCUT2D eigenvalue weighted by molar-refractivity contribution is 0.0264. The number of hydrogen-bond donors (Lipinski definition) is 1. The van der Waals surface area contributed by atoms with Crippen LogP contribution in [-0.4, -0.2) is 27.8 Å². The summed E-state index contributed by atoms with van der Waals surface area (Å²) in [6.07, 6.45) is 5.49. The van der Waals surface area contributed by atoms with Gasteiger partial charge in [0, 0.05) is 24.6 Å². The van der Waals surface area contributed by atoms with Crippen LogP contribution in [0.15, 0.2) is 42.7 Å². The van der Waals surface area contributed by atoms with Gasteiger partial charge in [0.25, 0.3) is 0 Å². The lowest BCUT2D eigenvalue weighted by atomic mass is 9.83. The van der Waals surface area contributed by atoms with Crippen molar-refractivity contribution < 1.29 is 9.84 Å². The molecule has 0 saturated heterocycles. The first-order valence-corrected chi connectivity index (χ1v) is 6.50. The zero-order valence-corrected chi connectivity index (χ0v) is 10.6. The molecule has 1 heterocycles. The van der Waals surface area contributed by atoms with Crippen LogP contribution in [0.2, 0.25) is 0 Å². The Morgan fingerprint density at radius 1 is 1.05 bits per heavy atom. The standard InChI is InChI=1S/C15H16N2O2/c18-10-11-6-14(7-11)19-15-16-8-13(9-17-15)12-4-2-1-3-5-12/h1-5,8-9,11,14,18H,6-7,10H2. The lowest BCUT2D eigenvalue weighted by Crippen LogP contribution is -2.36. The molecule has 1 saturated carbocycles. The molecule has 0 radical (unpaired) electrons. The van der Waals surface area contributed by atoms with Crippen LogP contribution < -0.4 is 4.74 Å². The van der Waals surface area contributed by atoms with Crippen molar-refractivity contribution >= 4 is 0 Å². The molecular formula is C15H16N2O2. The largest absolute Gasteiger partial charge is 0.460 e. The van der Waals surface area contributed by atoms with Gasteiger partial charge in [-0.1, -0.05) is 30.3 Å². The first-order valence-electron chi connectivity index (χ1n) is 6.50. The number of ether oxygens (including phenoxy) is 1. The lowest BCUT2D eigenvalue weighted by Gasteiger charge is -2.33. The van der Waals surface area contributed by atoms with Crippen molar-refractivity contribution in [1.82, 2.24) is 9.97 Å². The average Bonchev–Trinajstić information content (AvgIpc) is 2.44. The Balaban J connectivity index is 1.63. The van der Waals surface area contributed by atoms with E-state index in [2.05, 4.69) is 9.97 Å². The molecule has 4 heteroatoms. The highest BCUT2D eigenvalue weighted by Crippen LogP contribution is 2.29. The van der Waals surface area contributed by atoms with Crippen LogP contribution in [0.3, 0.4) is 0 Å². The Hall–Kier alpha value is -1.94. The SMILES string of the molecule is OCC1CC(Oc2ncc(-c3ccccc3)cn2)C1.